The highest BCUT2D eigenvalue weighted by Gasteiger charge is 2.25. The van der Waals surface area contributed by atoms with Gasteiger partial charge in [-0.3, -0.25) is 4.79 Å². The SMILES string of the molecule is O=C(CC1CCC(c2ccccc2)CC1)NC1CCOCC1. The monoisotopic (exact) mass is 301 g/mol. The molecule has 1 aliphatic carbocycles. The van der Waals surface area contributed by atoms with Gasteiger partial charge < -0.3 is 10.1 Å². The normalized spacial score (nSPS) is 26.5. The van der Waals surface area contributed by atoms with E-state index in [1.165, 1.54) is 31.2 Å². The lowest BCUT2D eigenvalue weighted by molar-refractivity contribution is -0.123. The molecule has 1 N–H and O–H groups in total. The first-order valence-electron chi connectivity index (χ1n) is 8.73. The van der Waals surface area contributed by atoms with Crippen molar-refractivity contribution in [2.75, 3.05) is 13.2 Å². The Hall–Kier alpha value is -1.35. The Morgan fingerprint density at radius 1 is 1.00 bits per heavy atom. The number of hydrogen-bond acceptors (Lipinski definition) is 2. The van der Waals surface area contributed by atoms with E-state index >= 15 is 0 Å². The molecule has 2 fully saturated rings. The second kappa shape index (κ2) is 7.77. The fourth-order valence-electron chi connectivity index (χ4n) is 3.82. The standard InChI is InChI=1S/C19H27NO2/c21-19(20-18-10-12-22-13-11-18)14-15-6-8-17(9-7-15)16-4-2-1-3-5-16/h1-5,15,17-18H,6-14H2,(H,20,21). The summed E-state index contributed by atoms with van der Waals surface area (Å²) in [6.45, 7) is 1.57. The summed E-state index contributed by atoms with van der Waals surface area (Å²) in [6.07, 6.45) is 7.44. The van der Waals surface area contributed by atoms with Crippen molar-refractivity contribution in [3.05, 3.63) is 35.9 Å². The predicted molar refractivity (Wildman–Crippen MR) is 87.7 cm³/mol. The van der Waals surface area contributed by atoms with Gasteiger partial charge in [0, 0.05) is 25.7 Å². The number of benzene rings is 1. The number of carbonyl (C=O) groups excluding carboxylic acids is 1. The van der Waals surface area contributed by atoms with Gasteiger partial charge in [0.25, 0.3) is 0 Å². The van der Waals surface area contributed by atoms with E-state index in [-0.39, 0.29) is 5.91 Å². The summed E-state index contributed by atoms with van der Waals surface area (Å²) >= 11 is 0. The molecule has 0 radical (unpaired) electrons. The Balaban J connectivity index is 1.41. The number of hydrogen-bond donors (Lipinski definition) is 1. The molecule has 0 aromatic heterocycles. The minimum absolute atomic E-state index is 0.245. The van der Waals surface area contributed by atoms with Crippen LogP contribution in [-0.4, -0.2) is 25.2 Å². The summed E-state index contributed by atoms with van der Waals surface area (Å²) in [5.74, 6) is 1.51. The van der Waals surface area contributed by atoms with Crippen LogP contribution in [0.2, 0.25) is 0 Å². The van der Waals surface area contributed by atoms with Crippen LogP contribution in [0.3, 0.4) is 0 Å². The van der Waals surface area contributed by atoms with Crippen molar-refractivity contribution in [1.82, 2.24) is 5.32 Å². The Labute approximate surface area is 133 Å². The third kappa shape index (κ3) is 4.33. The van der Waals surface area contributed by atoms with Gasteiger partial charge >= 0.3 is 0 Å². The summed E-state index contributed by atoms with van der Waals surface area (Å²) in [7, 11) is 0. The van der Waals surface area contributed by atoms with Crippen LogP contribution in [-0.2, 0) is 9.53 Å². The molecule has 2 aliphatic rings. The van der Waals surface area contributed by atoms with E-state index in [4.69, 9.17) is 4.74 Å². The average Bonchev–Trinajstić information content (AvgIpc) is 2.57. The Morgan fingerprint density at radius 3 is 2.36 bits per heavy atom. The van der Waals surface area contributed by atoms with Crippen molar-refractivity contribution in [1.29, 1.82) is 0 Å². The second-order valence-corrected chi connectivity index (χ2v) is 6.79. The molecule has 22 heavy (non-hydrogen) atoms. The fraction of sp³-hybridized carbons (Fsp3) is 0.632. The Kier molecular flexibility index (Phi) is 5.49. The highest BCUT2D eigenvalue weighted by Crippen LogP contribution is 2.36. The lowest BCUT2D eigenvalue weighted by Crippen LogP contribution is -2.39. The average molecular weight is 301 g/mol. The summed E-state index contributed by atoms with van der Waals surface area (Å²) < 4.78 is 5.33. The van der Waals surface area contributed by atoms with Crippen LogP contribution in [0.25, 0.3) is 0 Å². The van der Waals surface area contributed by atoms with Crippen molar-refractivity contribution < 1.29 is 9.53 Å². The van der Waals surface area contributed by atoms with Crippen LogP contribution < -0.4 is 5.32 Å². The molecule has 1 aromatic rings. The van der Waals surface area contributed by atoms with E-state index in [2.05, 4.69) is 35.6 Å². The molecule has 0 unspecified atom stereocenters. The molecule has 1 saturated carbocycles. The number of nitrogens with one attached hydrogen (secondary N) is 1. The first-order chi connectivity index (χ1) is 10.8. The van der Waals surface area contributed by atoms with Gasteiger partial charge in [-0.2, -0.15) is 0 Å². The lowest BCUT2D eigenvalue weighted by atomic mass is 9.77. The Morgan fingerprint density at radius 2 is 1.68 bits per heavy atom. The smallest absolute Gasteiger partial charge is 0.220 e. The molecule has 0 atom stereocenters. The van der Waals surface area contributed by atoms with Gasteiger partial charge in [-0.25, -0.2) is 0 Å². The molecule has 0 spiro atoms. The van der Waals surface area contributed by atoms with Gasteiger partial charge in [-0.1, -0.05) is 30.3 Å². The van der Waals surface area contributed by atoms with Crippen molar-refractivity contribution in [3.63, 3.8) is 0 Å². The number of amides is 1. The van der Waals surface area contributed by atoms with Gasteiger partial charge in [-0.15, -0.1) is 0 Å². The molecule has 3 rings (SSSR count). The molecule has 1 saturated heterocycles. The third-order valence-corrected chi connectivity index (χ3v) is 5.18. The lowest BCUT2D eigenvalue weighted by Gasteiger charge is -2.29. The van der Waals surface area contributed by atoms with Crippen LogP contribution in [0.4, 0.5) is 0 Å². The van der Waals surface area contributed by atoms with E-state index in [0.29, 0.717) is 24.3 Å². The summed E-state index contributed by atoms with van der Waals surface area (Å²) in [4.78, 5) is 12.2. The molecule has 120 valence electrons. The molecular weight excluding hydrogens is 274 g/mol. The fourth-order valence-corrected chi connectivity index (χ4v) is 3.82. The highest BCUT2D eigenvalue weighted by molar-refractivity contribution is 5.76. The van der Waals surface area contributed by atoms with Gasteiger partial charge in [0.05, 0.1) is 0 Å². The van der Waals surface area contributed by atoms with Gasteiger partial charge in [0.2, 0.25) is 5.91 Å². The summed E-state index contributed by atoms with van der Waals surface area (Å²) in [6, 6.07) is 11.1. The maximum Gasteiger partial charge on any atom is 0.220 e. The van der Waals surface area contributed by atoms with Crippen molar-refractivity contribution >= 4 is 5.91 Å². The second-order valence-electron chi connectivity index (χ2n) is 6.79. The highest BCUT2D eigenvalue weighted by atomic mass is 16.5. The molecule has 0 bridgehead atoms. The quantitative estimate of drug-likeness (QED) is 0.922. The molecule has 1 amide bonds. The van der Waals surface area contributed by atoms with E-state index in [9.17, 15) is 4.79 Å². The maximum atomic E-state index is 12.2. The van der Waals surface area contributed by atoms with E-state index < -0.39 is 0 Å². The van der Waals surface area contributed by atoms with Gasteiger partial charge in [0.15, 0.2) is 0 Å². The molecule has 1 aromatic carbocycles. The summed E-state index contributed by atoms with van der Waals surface area (Å²) in [5.41, 5.74) is 1.47. The first kappa shape index (κ1) is 15.5. The van der Waals surface area contributed by atoms with Crippen LogP contribution in [0, 0.1) is 5.92 Å². The summed E-state index contributed by atoms with van der Waals surface area (Å²) in [5, 5.41) is 3.19. The topological polar surface area (TPSA) is 38.3 Å². The number of ether oxygens (including phenoxy) is 1. The molecular formula is C19H27NO2. The van der Waals surface area contributed by atoms with Crippen LogP contribution in [0.15, 0.2) is 30.3 Å². The minimum atomic E-state index is 0.245. The zero-order valence-electron chi connectivity index (χ0n) is 13.3. The number of carbonyl (C=O) groups is 1. The maximum absolute atomic E-state index is 12.2. The zero-order valence-corrected chi connectivity index (χ0v) is 13.3. The zero-order chi connectivity index (χ0) is 15.2. The van der Waals surface area contributed by atoms with Crippen molar-refractivity contribution in [2.24, 2.45) is 5.92 Å². The predicted octanol–water partition coefficient (Wildman–Crippen LogP) is 3.65. The van der Waals surface area contributed by atoms with E-state index in [0.717, 1.165) is 26.1 Å². The minimum Gasteiger partial charge on any atom is -0.381 e. The van der Waals surface area contributed by atoms with Crippen LogP contribution >= 0.6 is 0 Å². The van der Waals surface area contributed by atoms with Gasteiger partial charge in [-0.05, 0) is 55.9 Å². The molecule has 1 heterocycles. The van der Waals surface area contributed by atoms with Crippen LogP contribution in [0.5, 0.6) is 0 Å². The van der Waals surface area contributed by atoms with E-state index in [1.54, 1.807) is 0 Å². The van der Waals surface area contributed by atoms with Gasteiger partial charge in [0.1, 0.15) is 0 Å². The number of rotatable bonds is 4. The van der Waals surface area contributed by atoms with Crippen molar-refractivity contribution in [2.45, 2.75) is 56.9 Å². The largest absolute Gasteiger partial charge is 0.381 e. The molecule has 1 aliphatic heterocycles. The third-order valence-electron chi connectivity index (χ3n) is 5.18. The van der Waals surface area contributed by atoms with E-state index in [1.807, 2.05) is 0 Å². The molecule has 3 nitrogen and oxygen atoms in total. The van der Waals surface area contributed by atoms with Crippen molar-refractivity contribution in [3.8, 4) is 0 Å². The molecule has 3 heteroatoms. The first-order valence-corrected chi connectivity index (χ1v) is 8.73. The van der Waals surface area contributed by atoms with Crippen LogP contribution in [0.1, 0.15) is 56.4 Å². The Bertz CT molecular complexity index is 460.